The number of hydrogen-bond donors (Lipinski definition) is 2. The van der Waals surface area contributed by atoms with Crippen molar-refractivity contribution in [3.8, 4) is 0 Å². The molecule has 1 saturated carbocycles. The summed E-state index contributed by atoms with van der Waals surface area (Å²) in [4.78, 5) is 0.217. The van der Waals surface area contributed by atoms with E-state index in [-0.39, 0.29) is 17.0 Å². The van der Waals surface area contributed by atoms with Gasteiger partial charge in [-0.1, -0.05) is 13.0 Å². The summed E-state index contributed by atoms with van der Waals surface area (Å²) in [5, 5.41) is 0. The van der Waals surface area contributed by atoms with Gasteiger partial charge in [0.15, 0.2) is 0 Å². The summed E-state index contributed by atoms with van der Waals surface area (Å²) in [6, 6.07) is 4.75. The number of aryl methyl sites for hydroxylation is 1. The molecule has 3 N–H and O–H groups in total. The second-order valence-electron chi connectivity index (χ2n) is 5.15. The van der Waals surface area contributed by atoms with Gasteiger partial charge in [0.05, 0.1) is 11.0 Å². The van der Waals surface area contributed by atoms with Crippen LogP contribution in [0.5, 0.6) is 0 Å². The lowest BCUT2D eigenvalue weighted by Crippen LogP contribution is -2.40. The molecule has 2 rings (SSSR count). The normalized spacial score (nSPS) is 23.1. The molecular weight excluding hydrogens is 276 g/mol. The lowest BCUT2D eigenvalue weighted by Gasteiger charge is -2.19. The third kappa shape index (κ3) is 3.13. The van der Waals surface area contributed by atoms with Gasteiger partial charge in [0.25, 0.3) is 0 Å². The Bertz CT molecular complexity index is 572. The minimum absolute atomic E-state index is 0.0444. The number of nitrogens with one attached hydrogen (secondary N) is 1. The average Bonchev–Trinajstić information content (AvgIpc) is 2.85. The van der Waals surface area contributed by atoms with Crippen molar-refractivity contribution >= 4 is 15.7 Å². The van der Waals surface area contributed by atoms with Crippen molar-refractivity contribution in [3.63, 3.8) is 0 Å². The Morgan fingerprint density at radius 3 is 2.75 bits per heavy atom. The monoisotopic (exact) mass is 298 g/mol. The topological polar surface area (TPSA) is 81.4 Å². The first-order chi connectivity index (χ1) is 9.47. The van der Waals surface area contributed by atoms with Gasteiger partial charge in [0.1, 0.15) is 0 Å². The van der Waals surface area contributed by atoms with Gasteiger partial charge in [0, 0.05) is 18.8 Å². The minimum Gasteiger partial charge on any atom is -0.398 e. The SMILES string of the molecule is CCc1ccc(S(=O)(=O)NC2CCCC2OC)cc1N. The van der Waals surface area contributed by atoms with E-state index in [0.29, 0.717) is 5.69 Å². The van der Waals surface area contributed by atoms with Gasteiger partial charge in [-0.15, -0.1) is 0 Å². The lowest BCUT2D eigenvalue weighted by atomic mass is 10.1. The van der Waals surface area contributed by atoms with Crippen LogP contribution in [0.15, 0.2) is 23.1 Å². The van der Waals surface area contributed by atoms with E-state index in [2.05, 4.69) is 4.72 Å². The average molecular weight is 298 g/mol. The van der Waals surface area contributed by atoms with Crippen molar-refractivity contribution in [2.75, 3.05) is 12.8 Å². The van der Waals surface area contributed by atoms with E-state index in [1.54, 1.807) is 19.2 Å². The smallest absolute Gasteiger partial charge is 0.240 e. The Hall–Kier alpha value is -1.11. The van der Waals surface area contributed by atoms with Gasteiger partial charge in [-0.2, -0.15) is 0 Å². The molecule has 2 unspecified atom stereocenters. The molecule has 2 atom stereocenters. The molecule has 112 valence electrons. The van der Waals surface area contributed by atoms with Gasteiger partial charge < -0.3 is 10.5 Å². The summed E-state index contributed by atoms with van der Waals surface area (Å²) in [7, 11) is -1.93. The van der Waals surface area contributed by atoms with Crippen LogP contribution in [0.4, 0.5) is 5.69 Å². The van der Waals surface area contributed by atoms with Crippen molar-refractivity contribution < 1.29 is 13.2 Å². The first-order valence-electron chi connectivity index (χ1n) is 6.91. The number of benzene rings is 1. The lowest BCUT2D eigenvalue weighted by molar-refractivity contribution is 0.0916. The van der Waals surface area contributed by atoms with Gasteiger partial charge in [0.2, 0.25) is 10.0 Å². The summed E-state index contributed by atoms with van der Waals surface area (Å²) in [6.45, 7) is 1.99. The Labute approximate surface area is 120 Å². The Balaban J connectivity index is 2.20. The van der Waals surface area contributed by atoms with Crippen molar-refractivity contribution in [2.24, 2.45) is 0 Å². The summed E-state index contributed by atoms with van der Waals surface area (Å²) in [5.41, 5.74) is 7.35. The number of nitrogens with two attached hydrogens (primary N) is 1. The highest BCUT2D eigenvalue weighted by molar-refractivity contribution is 7.89. The van der Waals surface area contributed by atoms with Gasteiger partial charge in [-0.3, -0.25) is 0 Å². The van der Waals surface area contributed by atoms with Crippen LogP contribution in [0.3, 0.4) is 0 Å². The maximum atomic E-state index is 12.4. The molecule has 1 aliphatic rings. The predicted octanol–water partition coefficient (Wildman–Crippen LogP) is 1.68. The molecule has 6 heteroatoms. The molecule has 1 fully saturated rings. The molecule has 1 aliphatic carbocycles. The van der Waals surface area contributed by atoms with Crippen molar-refractivity contribution in [2.45, 2.75) is 49.6 Å². The van der Waals surface area contributed by atoms with E-state index in [4.69, 9.17) is 10.5 Å². The zero-order valence-corrected chi connectivity index (χ0v) is 12.7. The highest BCUT2D eigenvalue weighted by Gasteiger charge is 2.31. The Morgan fingerprint density at radius 2 is 2.15 bits per heavy atom. The molecule has 0 saturated heterocycles. The molecule has 0 aliphatic heterocycles. The number of hydrogen-bond acceptors (Lipinski definition) is 4. The van der Waals surface area contributed by atoms with Gasteiger partial charge in [-0.25, -0.2) is 13.1 Å². The molecule has 5 nitrogen and oxygen atoms in total. The molecule has 0 heterocycles. The van der Waals surface area contributed by atoms with Crippen LogP contribution in [0.25, 0.3) is 0 Å². The number of sulfonamides is 1. The van der Waals surface area contributed by atoms with Gasteiger partial charge in [-0.05, 0) is 43.4 Å². The molecule has 1 aromatic rings. The number of anilines is 1. The molecular formula is C14H22N2O3S. The second-order valence-corrected chi connectivity index (χ2v) is 6.86. The minimum atomic E-state index is -3.54. The van der Waals surface area contributed by atoms with E-state index in [1.165, 1.54) is 6.07 Å². The predicted molar refractivity (Wildman–Crippen MR) is 79.0 cm³/mol. The Kier molecular flexibility index (Phi) is 4.67. The summed E-state index contributed by atoms with van der Waals surface area (Å²) in [6.07, 6.45) is 3.41. The third-order valence-electron chi connectivity index (χ3n) is 3.87. The van der Waals surface area contributed by atoms with Crippen LogP contribution in [-0.2, 0) is 21.2 Å². The molecule has 0 aromatic heterocycles. The van der Waals surface area contributed by atoms with E-state index in [1.807, 2.05) is 6.92 Å². The van der Waals surface area contributed by atoms with E-state index >= 15 is 0 Å². The molecule has 0 radical (unpaired) electrons. The number of nitrogen functional groups attached to an aromatic ring is 1. The fourth-order valence-corrected chi connectivity index (χ4v) is 4.01. The molecule has 0 bridgehead atoms. The molecule has 1 aromatic carbocycles. The third-order valence-corrected chi connectivity index (χ3v) is 5.36. The molecule has 20 heavy (non-hydrogen) atoms. The fraction of sp³-hybridized carbons (Fsp3) is 0.571. The van der Waals surface area contributed by atoms with Crippen LogP contribution in [0.2, 0.25) is 0 Å². The van der Waals surface area contributed by atoms with Crippen LogP contribution >= 0.6 is 0 Å². The summed E-state index contributed by atoms with van der Waals surface area (Å²) in [5.74, 6) is 0. The quantitative estimate of drug-likeness (QED) is 0.810. The van der Waals surface area contributed by atoms with E-state index < -0.39 is 10.0 Å². The second kappa shape index (κ2) is 6.11. The highest BCUT2D eigenvalue weighted by atomic mass is 32.2. The molecule has 0 spiro atoms. The van der Waals surface area contributed by atoms with Crippen molar-refractivity contribution in [1.82, 2.24) is 4.72 Å². The zero-order valence-electron chi connectivity index (χ0n) is 11.9. The van der Waals surface area contributed by atoms with E-state index in [9.17, 15) is 8.42 Å². The van der Waals surface area contributed by atoms with Gasteiger partial charge >= 0.3 is 0 Å². The first kappa shape index (κ1) is 15.3. The number of rotatable bonds is 5. The number of methoxy groups -OCH3 is 1. The first-order valence-corrected chi connectivity index (χ1v) is 8.39. The van der Waals surface area contributed by atoms with Crippen LogP contribution in [0.1, 0.15) is 31.7 Å². The highest BCUT2D eigenvalue weighted by Crippen LogP contribution is 2.24. The zero-order chi connectivity index (χ0) is 14.8. The van der Waals surface area contributed by atoms with E-state index in [0.717, 1.165) is 31.2 Å². The maximum Gasteiger partial charge on any atom is 0.240 e. The fourth-order valence-electron chi connectivity index (χ4n) is 2.67. The maximum absolute atomic E-state index is 12.4. The van der Waals surface area contributed by atoms with Crippen LogP contribution in [0, 0.1) is 0 Å². The summed E-state index contributed by atoms with van der Waals surface area (Å²) < 4.78 is 32.8. The number of ether oxygens (including phenoxy) is 1. The van der Waals surface area contributed by atoms with Crippen LogP contribution < -0.4 is 10.5 Å². The molecule has 0 amide bonds. The standard InChI is InChI=1S/C14H22N2O3S/c1-3-10-7-8-11(9-12(10)15)20(17,18)16-13-5-4-6-14(13)19-2/h7-9,13-14,16H,3-6,15H2,1-2H3. The van der Waals surface area contributed by atoms with Crippen molar-refractivity contribution in [1.29, 1.82) is 0 Å². The van der Waals surface area contributed by atoms with Crippen LogP contribution in [-0.4, -0.2) is 27.7 Å². The van der Waals surface area contributed by atoms with Crippen molar-refractivity contribution in [3.05, 3.63) is 23.8 Å². The Morgan fingerprint density at radius 1 is 1.40 bits per heavy atom. The summed E-state index contributed by atoms with van der Waals surface area (Å²) >= 11 is 0. The largest absolute Gasteiger partial charge is 0.398 e.